The van der Waals surface area contributed by atoms with E-state index in [-0.39, 0.29) is 0 Å². The number of anilines is 5. The van der Waals surface area contributed by atoms with E-state index in [1.165, 1.54) is 11.3 Å². The number of aromatic nitrogens is 2. The largest absolute Gasteiger partial charge is 0.378 e. The Morgan fingerprint density at radius 3 is 2.12 bits per heavy atom. The summed E-state index contributed by atoms with van der Waals surface area (Å²) >= 11 is 0. The maximum absolute atomic E-state index is 4.85. The molecule has 4 rings (SSSR count). The van der Waals surface area contributed by atoms with Crippen molar-refractivity contribution < 1.29 is 0 Å². The van der Waals surface area contributed by atoms with Crippen molar-refractivity contribution in [2.45, 2.75) is 6.54 Å². The summed E-state index contributed by atoms with van der Waals surface area (Å²) in [5, 5.41) is 3.45. The number of rotatable bonds is 7. The molecular weight excluding hydrogens is 398 g/mol. The fourth-order valence-corrected chi connectivity index (χ4v) is 3.79. The first-order valence-corrected chi connectivity index (χ1v) is 11.1. The van der Waals surface area contributed by atoms with Gasteiger partial charge < -0.3 is 20.0 Å². The second kappa shape index (κ2) is 9.87. The van der Waals surface area contributed by atoms with Gasteiger partial charge in [0.25, 0.3) is 0 Å². The minimum atomic E-state index is 0.781. The van der Waals surface area contributed by atoms with E-state index in [0.29, 0.717) is 0 Å². The summed E-state index contributed by atoms with van der Waals surface area (Å²) in [6, 6.07) is 21.0. The third kappa shape index (κ3) is 5.48. The first-order valence-electron chi connectivity index (χ1n) is 11.1. The molecule has 0 unspecified atom stereocenters. The molecule has 1 aliphatic rings. The van der Waals surface area contributed by atoms with Gasteiger partial charge in [-0.2, -0.15) is 9.97 Å². The Morgan fingerprint density at radius 2 is 1.50 bits per heavy atom. The van der Waals surface area contributed by atoms with Gasteiger partial charge in [-0.1, -0.05) is 30.3 Å². The van der Waals surface area contributed by atoms with Crippen LogP contribution in [-0.2, 0) is 6.54 Å². The zero-order valence-corrected chi connectivity index (χ0v) is 19.5. The molecular formula is C25H33N7. The van der Waals surface area contributed by atoms with Crippen LogP contribution in [-0.4, -0.2) is 69.2 Å². The summed E-state index contributed by atoms with van der Waals surface area (Å²) in [6.07, 6.45) is 0. The second-order valence-electron chi connectivity index (χ2n) is 8.62. The van der Waals surface area contributed by atoms with E-state index in [9.17, 15) is 0 Å². The van der Waals surface area contributed by atoms with Crippen LogP contribution >= 0.6 is 0 Å². The van der Waals surface area contributed by atoms with Crippen LogP contribution in [0.4, 0.5) is 29.0 Å². The van der Waals surface area contributed by atoms with Gasteiger partial charge >= 0.3 is 0 Å². The molecule has 0 saturated carbocycles. The van der Waals surface area contributed by atoms with Crippen LogP contribution in [0.25, 0.3) is 0 Å². The lowest BCUT2D eigenvalue weighted by atomic mass is 10.2. The zero-order chi connectivity index (χ0) is 22.5. The van der Waals surface area contributed by atoms with E-state index in [1.807, 2.05) is 39.2 Å². The fraction of sp³-hybridized carbons (Fsp3) is 0.360. The maximum Gasteiger partial charge on any atom is 0.229 e. The highest BCUT2D eigenvalue weighted by atomic mass is 15.3. The molecule has 0 spiro atoms. The molecule has 1 fully saturated rings. The lowest BCUT2D eigenvalue weighted by Gasteiger charge is -2.35. The highest BCUT2D eigenvalue weighted by molar-refractivity contribution is 5.64. The van der Waals surface area contributed by atoms with Crippen molar-refractivity contribution in [3.8, 4) is 0 Å². The quantitative estimate of drug-likeness (QED) is 0.612. The summed E-state index contributed by atoms with van der Waals surface area (Å²) in [5.74, 6) is 2.49. The van der Waals surface area contributed by atoms with Gasteiger partial charge in [-0.05, 0) is 29.8 Å². The normalized spacial score (nSPS) is 14.3. The molecule has 7 heteroatoms. The standard InChI is InChI=1S/C25H33N7/c1-29(2)22-12-10-21(11-13-22)26-23-18-24(30(3)4)28-25(27-23)32-16-14-31(15-17-32)19-20-8-6-5-7-9-20/h5-13,18H,14-17,19H2,1-4H3,(H,26,27,28). The topological polar surface area (TPSA) is 50.8 Å². The average Bonchev–Trinajstić information content (AvgIpc) is 2.80. The SMILES string of the molecule is CN(C)c1ccc(Nc2cc(N(C)C)nc(N3CCN(Cc4ccccc4)CC3)n2)cc1. The van der Waals surface area contributed by atoms with Crippen molar-refractivity contribution in [2.24, 2.45) is 0 Å². The molecule has 0 amide bonds. The van der Waals surface area contributed by atoms with Crippen molar-refractivity contribution in [1.29, 1.82) is 0 Å². The Morgan fingerprint density at radius 1 is 0.812 bits per heavy atom. The van der Waals surface area contributed by atoms with Crippen LogP contribution < -0.4 is 20.0 Å². The Bertz CT molecular complexity index is 995. The van der Waals surface area contributed by atoms with Crippen molar-refractivity contribution in [1.82, 2.24) is 14.9 Å². The molecule has 1 aliphatic heterocycles. The molecule has 32 heavy (non-hydrogen) atoms. The summed E-state index contributed by atoms with van der Waals surface area (Å²) in [7, 11) is 8.11. The average molecular weight is 432 g/mol. The third-order valence-corrected chi connectivity index (χ3v) is 5.72. The van der Waals surface area contributed by atoms with Crippen molar-refractivity contribution >= 4 is 29.0 Å². The molecule has 3 aromatic rings. The number of piperazine rings is 1. The predicted molar refractivity (Wildman–Crippen MR) is 134 cm³/mol. The van der Waals surface area contributed by atoms with Crippen LogP contribution in [0.3, 0.4) is 0 Å². The fourth-order valence-electron chi connectivity index (χ4n) is 3.79. The molecule has 1 N–H and O–H groups in total. The Balaban J connectivity index is 1.46. The van der Waals surface area contributed by atoms with E-state index in [1.54, 1.807) is 0 Å². The number of nitrogens with zero attached hydrogens (tertiary/aromatic N) is 6. The van der Waals surface area contributed by atoms with Gasteiger partial charge in [0, 0.05) is 78.4 Å². The van der Waals surface area contributed by atoms with E-state index < -0.39 is 0 Å². The lowest BCUT2D eigenvalue weighted by Crippen LogP contribution is -2.46. The van der Waals surface area contributed by atoms with Crippen molar-refractivity contribution in [3.63, 3.8) is 0 Å². The van der Waals surface area contributed by atoms with E-state index in [0.717, 1.165) is 56.0 Å². The summed E-state index contributed by atoms with van der Waals surface area (Å²) in [5.41, 5.74) is 3.54. The Kier molecular flexibility index (Phi) is 6.75. The first-order chi connectivity index (χ1) is 15.5. The summed E-state index contributed by atoms with van der Waals surface area (Å²) in [6.45, 7) is 4.82. The maximum atomic E-state index is 4.85. The van der Waals surface area contributed by atoms with Crippen LogP contribution in [0.2, 0.25) is 0 Å². The predicted octanol–water partition coefficient (Wildman–Crippen LogP) is 3.67. The lowest BCUT2D eigenvalue weighted by molar-refractivity contribution is 0.249. The smallest absolute Gasteiger partial charge is 0.229 e. The number of hydrogen-bond acceptors (Lipinski definition) is 7. The molecule has 0 bridgehead atoms. The second-order valence-corrected chi connectivity index (χ2v) is 8.62. The molecule has 0 atom stereocenters. The van der Waals surface area contributed by atoms with E-state index in [4.69, 9.17) is 9.97 Å². The molecule has 1 aromatic heterocycles. The van der Waals surface area contributed by atoms with Gasteiger partial charge in [0.1, 0.15) is 11.6 Å². The van der Waals surface area contributed by atoms with Gasteiger partial charge in [0.05, 0.1) is 0 Å². The molecule has 7 nitrogen and oxygen atoms in total. The van der Waals surface area contributed by atoms with Gasteiger partial charge in [0.15, 0.2) is 0 Å². The third-order valence-electron chi connectivity index (χ3n) is 5.72. The van der Waals surface area contributed by atoms with E-state index in [2.05, 4.69) is 74.6 Å². The Labute approximate surface area is 191 Å². The van der Waals surface area contributed by atoms with Crippen LogP contribution in [0.5, 0.6) is 0 Å². The van der Waals surface area contributed by atoms with Crippen LogP contribution in [0.1, 0.15) is 5.56 Å². The summed E-state index contributed by atoms with van der Waals surface area (Å²) in [4.78, 5) is 18.6. The minimum absolute atomic E-state index is 0.781. The van der Waals surface area contributed by atoms with Crippen LogP contribution in [0, 0.1) is 0 Å². The molecule has 2 heterocycles. The van der Waals surface area contributed by atoms with Gasteiger partial charge in [-0.25, -0.2) is 0 Å². The monoisotopic (exact) mass is 431 g/mol. The molecule has 168 valence electrons. The van der Waals surface area contributed by atoms with Gasteiger partial charge in [0.2, 0.25) is 5.95 Å². The number of benzene rings is 2. The van der Waals surface area contributed by atoms with Gasteiger partial charge in [-0.15, -0.1) is 0 Å². The zero-order valence-electron chi connectivity index (χ0n) is 19.5. The highest BCUT2D eigenvalue weighted by Crippen LogP contribution is 2.24. The minimum Gasteiger partial charge on any atom is -0.378 e. The van der Waals surface area contributed by atoms with Crippen molar-refractivity contribution in [2.75, 3.05) is 74.4 Å². The molecule has 2 aromatic carbocycles. The first kappa shape index (κ1) is 21.9. The van der Waals surface area contributed by atoms with Crippen LogP contribution in [0.15, 0.2) is 60.7 Å². The molecule has 1 saturated heterocycles. The molecule has 0 aliphatic carbocycles. The molecule has 0 radical (unpaired) electrons. The Hall–Kier alpha value is -3.32. The summed E-state index contributed by atoms with van der Waals surface area (Å²) < 4.78 is 0. The number of hydrogen-bond donors (Lipinski definition) is 1. The van der Waals surface area contributed by atoms with Gasteiger partial charge in [-0.3, -0.25) is 4.90 Å². The van der Waals surface area contributed by atoms with Crippen molar-refractivity contribution in [3.05, 3.63) is 66.2 Å². The highest BCUT2D eigenvalue weighted by Gasteiger charge is 2.20. The van der Waals surface area contributed by atoms with E-state index >= 15 is 0 Å². The number of nitrogens with one attached hydrogen (secondary N) is 1.